The van der Waals surface area contributed by atoms with Gasteiger partial charge in [0.05, 0.1) is 0 Å². The molecule has 1 aliphatic rings. The van der Waals surface area contributed by atoms with E-state index in [0.29, 0.717) is 6.54 Å². The Morgan fingerprint density at radius 1 is 1.11 bits per heavy atom. The minimum Gasteiger partial charge on any atom is -0.481 e. The average Bonchev–Trinajstić information content (AvgIpc) is 3.16. The van der Waals surface area contributed by atoms with Gasteiger partial charge in [-0.05, 0) is 75.0 Å². The molecule has 1 atom stereocenters. The summed E-state index contributed by atoms with van der Waals surface area (Å²) >= 11 is 0. The van der Waals surface area contributed by atoms with Gasteiger partial charge in [0.15, 0.2) is 6.10 Å². The van der Waals surface area contributed by atoms with Crippen LogP contribution in [-0.4, -0.2) is 30.0 Å². The second-order valence-electron chi connectivity index (χ2n) is 7.50. The molecular weight excluding hydrogens is 336 g/mol. The zero-order valence-electron chi connectivity index (χ0n) is 16.6. The monoisotopic (exact) mass is 366 g/mol. The van der Waals surface area contributed by atoms with Crippen molar-refractivity contribution >= 4 is 5.91 Å². The SMILES string of the molecule is Cc1ccc(C)c(O[C@H](C)C(=O)NCc2ccccc2CN2CCCC2)c1. The topological polar surface area (TPSA) is 41.6 Å². The summed E-state index contributed by atoms with van der Waals surface area (Å²) in [6.07, 6.45) is 2.04. The number of ether oxygens (including phenoxy) is 1. The summed E-state index contributed by atoms with van der Waals surface area (Å²) in [6, 6.07) is 14.4. The van der Waals surface area contributed by atoms with Gasteiger partial charge < -0.3 is 10.1 Å². The smallest absolute Gasteiger partial charge is 0.261 e. The third-order valence-electron chi connectivity index (χ3n) is 5.18. The lowest BCUT2D eigenvalue weighted by Crippen LogP contribution is -2.36. The summed E-state index contributed by atoms with van der Waals surface area (Å²) in [5.74, 6) is 0.680. The standard InChI is InChI=1S/C23H30N2O2/c1-17-10-11-18(2)22(14-17)27-19(3)23(26)24-15-20-8-4-5-9-21(20)16-25-12-6-7-13-25/h4-5,8-11,14,19H,6-7,12-13,15-16H2,1-3H3,(H,24,26)/t19-/m1/s1. The van der Waals surface area contributed by atoms with Crippen LogP contribution >= 0.6 is 0 Å². The molecule has 3 rings (SSSR count). The lowest BCUT2D eigenvalue weighted by atomic mass is 10.1. The molecule has 1 aliphatic heterocycles. The summed E-state index contributed by atoms with van der Waals surface area (Å²) in [5, 5.41) is 3.04. The summed E-state index contributed by atoms with van der Waals surface area (Å²) in [6.45, 7) is 9.64. The van der Waals surface area contributed by atoms with E-state index in [1.54, 1.807) is 6.92 Å². The van der Waals surface area contributed by atoms with Crippen LogP contribution in [-0.2, 0) is 17.9 Å². The molecule has 0 aliphatic carbocycles. The molecule has 0 spiro atoms. The van der Waals surface area contributed by atoms with E-state index in [1.165, 1.54) is 37.1 Å². The van der Waals surface area contributed by atoms with E-state index in [-0.39, 0.29) is 5.91 Å². The van der Waals surface area contributed by atoms with Crippen LogP contribution in [0.3, 0.4) is 0 Å². The number of hydrogen-bond donors (Lipinski definition) is 1. The number of nitrogens with zero attached hydrogens (tertiary/aromatic N) is 1. The second-order valence-corrected chi connectivity index (χ2v) is 7.50. The van der Waals surface area contributed by atoms with Crippen molar-refractivity contribution in [3.8, 4) is 5.75 Å². The molecule has 0 unspecified atom stereocenters. The number of hydrogen-bond acceptors (Lipinski definition) is 3. The lowest BCUT2D eigenvalue weighted by molar-refractivity contribution is -0.127. The lowest BCUT2D eigenvalue weighted by Gasteiger charge is -2.19. The number of rotatable bonds is 7. The third kappa shape index (κ3) is 5.33. The number of benzene rings is 2. The third-order valence-corrected chi connectivity index (χ3v) is 5.18. The van der Waals surface area contributed by atoms with Crippen molar-refractivity contribution in [2.24, 2.45) is 0 Å². The van der Waals surface area contributed by atoms with Crippen LogP contribution in [0, 0.1) is 13.8 Å². The van der Waals surface area contributed by atoms with Gasteiger partial charge in [0.1, 0.15) is 5.75 Å². The number of likely N-dealkylation sites (tertiary alicyclic amines) is 1. The maximum absolute atomic E-state index is 12.5. The van der Waals surface area contributed by atoms with Crippen LogP contribution in [0.15, 0.2) is 42.5 Å². The first-order valence-electron chi connectivity index (χ1n) is 9.83. The predicted octanol–water partition coefficient (Wildman–Crippen LogP) is 3.98. The van der Waals surface area contributed by atoms with Crippen LogP contribution in [0.25, 0.3) is 0 Å². The predicted molar refractivity (Wildman–Crippen MR) is 109 cm³/mol. The van der Waals surface area contributed by atoms with Gasteiger partial charge in [0, 0.05) is 13.1 Å². The number of nitrogens with one attached hydrogen (secondary N) is 1. The highest BCUT2D eigenvalue weighted by Gasteiger charge is 2.17. The highest BCUT2D eigenvalue weighted by atomic mass is 16.5. The Balaban J connectivity index is 1.57. The molecule has 27 heavy (non-hydrogen) atoms. The Morgan fingerprint density at radius 2 is 1.81 bits per heavy atom. The Hall–Kier alpha value is -2.33. The van der Waals surface area contributed by atoms with E-state index in [4.69, 9.17) is 4.74 Å². The minimum atomic E-state index is -0.531. The van der Waals surface area contributed by atoms with Gasteiger partial charge in [-0.3, -0.25) is 9.69 Å². The second kappa shape index (κ2) is 9.05. The first-order valence-corrected chi connectivity index (χ1v) is 9.83. The zero-order valence-corrected chi connectivity index (χ0v) is 16.6. The molecule has 1 amide bonds. The Labute approximate surface area is 162 Å². The van der Waals surface area contributed by atoms with Crippen molar-refractivity contribution in [1.82, 2.24) is 10.2 Å². The fourth-order valence-electron chi connectivity index (χ4n) is 3.47. The van der Waals surface area contributed by atoms with Crippen molar-refractivity contribution < 1.29 is 9.53 Å². The van der Waals surface area contributed by atoms with E-state index < -0.39 is 6.10 Å². The highest BCUT2D eigenvalue weighted by molar-refractivity contribution is 5.80. The van der Waals surface area contributed by atoms with Crippen LogP contribution in [0.5, 0.6) is 5.75 Å². The van der Waals surface area contributed by atoms with Crippen LogP contribution in [0.2, 0.25) is 0 Å². The Morgan fingerprint density at radius 3 is 2.56 bits per heavy atom. The van der Waals surface area contributed by atoms with E-state index in [2.05, 4.69) is 28.4 Å². The van der Waals surface area contributed by atoms with Crippen molar-refractivity contribution in [3.05, 3.63) is 64.7 Å². The number of carbonyl (C=O) groups is 1. The van der Waals surface area contributed by atoms with E-state index in [0.717, 1.165) is 23.4 Å². The number of carbonyl (C=O) groups excluding carboxylic acids is 1. The summed E-state index contributed by atoms with van der Waals surface area (Å²) < 4.78 is 5.89. The van der Waals surface area contributed by atoms with Gasteiger partial charge in [-0.25, -0.2) is 0 Å². The van der Waals surface area contributed by atoms with Crippen LogP contribution in [0.4, 0.5) is 0 Å². The molecular formula is C23H30N2O2. The molecule has 4 heteroatoms. The fourth-order valence-corrected chi connectivity index (χ4v) is 3.47. The van der Waals surface area contributed by atoms with Crippen molar-refractivity contribution in [1.29, 1.82) is 0 Å². The number of amides is 1. The summed E-state index contributed by atoms with van der Waals surface area (Å²) in [5.41, 5.74) is 4.63. The molecule has 0 aromatic heterocycles. The van der Waals surface area contributed by atoms with E-state index in [1.807, 2.05) is 38.1 Å². The van der Waals surface area contributed by atoms with Gasteiger partial charge in [0.2, 0.25) is 0 Å². The molecule has 0 bridgehead atoms. The molecule has 0 saturated carbocycles. The quantitative estimate of drug-likeness (QED) is 0.806. The van der Waals surface area contributed by atoms with Crippen molar-refractivity contribution in [3.63, 3.8) is 0 Å². The molecule has 2 aromatic carbocycles. The maximum Gasteiger partial charge on any atom is 0.261 e. The normalized spacial score (nSPS) is 15.5. The van der Waals surface area contributed by atoms with Crippen molar-refractivity contribution in [2.75, 3.05) is 13.1 Å². The molecule has 144 valence electrons. The molecule has 4 nitrogen and oxygen atoms in total. The maximum atomic E-state index is 12.5. The summed E-state index contributed by atoms with van der Waals surface area (Å²) in [4.78, 5) is 15.0. The van der Waals surface area contributed by atoms with Crippen LogP contribution in [0.1, 0.15) is 42.0 Å². The first-order chi connectivity index (χ1) is 13.0. The zero-order chi connectivity index (χ0) is 19.2. The van der Waals surface area contributed by atoms with Gasteiger partial charge in [-0.1, -0.05) is 36.4 Å². The Kier molecular flexibility index (Phi) is 6.51. The minimum absolute atomic E-state index is 0.0909. The molecule has 1 N–H and O–H groups in total. The van der Waals surface area contributed by atoms with E-state index in [9.17, 15) is 4.79 Å². The fraction of sp³-hybridized carbons (Fsp3) is 0.435. The Bertz CT molecular complexity index is 782. The van der Waals surface area contributed by atoms with Gasteiger partial charge >= 0.3 is 0 Å². The molecule has 2 aromatic rings. The van der Waals surface area contributed by atoms with Crippen LogP contribution < -0.4 is 10.1 Å². The molecule has 1 fully saturated rings. The van der Waals surface area contributed by atoms with Gasteiger partial charge in [0.25, 0.3) is 5.91 Å². The van der Waals surface area contributed by atoms with E-state index >= 15 is 0 Å². The molecule has 1 heterocycles. The van der Waals surface area contributed by atoms with Crippen molar-refractivity contribution in [2.45, 2.75) is 52.8 Å². The largest absolute Gasteiger partial charge is 0.481 e. The molecule has 0 radical (unpaired) electrons. The highest BCUT2D eigenvalue weighted by Crippen LogP contribution is 2.21. The van der Waals surface area contributed by atoms with Gasteiger partial charge in [-0.15, -0.1) is 0 Å². The summed E-state index contributed by atoms with van der Waals surface area (Å²) in [7, 11) is 0. The van der Waals surface area contributed by atoms with Gasteiger partial charge in [-0.2, -0.15) is 0 Å². The number of aryl methyl sites for hydroxylation is 2. The average molecular weight is 367 g/mol. The molecule has 1 saturated heterocycles. The first kappa shape index (κ1) is 19.4.